The van der Waals surface area contributed by atoms with Gasteiger partial charge in [0.1, 0.15) is 0 Å². The number of carbonyl (C=O) groups is 2. The normalized spacial score (nSPS) is 10.3. The zero-order valence-electron chi connectivity index (χ0n) is 14.6. The topological polar surface area (TPSA) is 110 Å². The first kappa shape index (κ1) is 18.3. The molecule has 0 unspecified atom stereocenters. The van der Waals surface area contributed by atoms with E-state index in [1.165, 1.54) is 0 Å². The third-order valence-corrected chi connectivity index (χ3v) is 4.06. The summed E-state index contributed by atoms with van der Waals surface area (Å²) in [4.78, 5) is 24.2. The Morgan fingerprint density at radius 1 is 0.800 bits per heavy atom. The van der Waals surface area contributed by atoms with Crippen LogP contribution in [-0.2, 0) is 0 Å². The van der Waals surface area contributed by atoms with Gasteiger partial charge in [0.05, 0.1) is 11.1 Å². The quantitative estimate of drug-likeness (QED) is 0.476. The fourth-order valence-electron chi connectivity index (χ4n) is 2.44. The number of nitrogens with two attached hydrogens (primary N) is 2. The van der Waals surface area contributed by atoms with Crippen LogP contribution in [0.1, 0.15) is 38.3 Å². The van der Waals surface area contributed by atoms with E-state index in [4.69, 9.17) is 11.5 Å². The molecule has 0 spiro atoms. The highest BCUT2D eigenvalue weighted by atomic mass is 16.2. The summed E-state index contributed by atoms with van der Waals surface area (Å²) in [5.41, 5.74) is 15.5. The van der Waals surface area contributed by atoms with Crippen molar-refractivity contribution in [3.05, 3.63) is 58.7 Å². The largest absolute Gasteiger partial charge is 0.398 e. The minimum atomic E-state index is -0.213. The molecule has 132 valence electrons. The van der Waals surface area contributed by atoms with E-state index in [9.17, 15) is 9.59 Å². The lowest BCUT2D eigenvalue weighted by molar-refractivity contribution is 0.0952. The number of nitrogen functional groups attached to an aromatic ring is 2. The summed E-state index contributed by atoms with van der Waals surface area (Å²) in [6.45, 7) is 4.60. The Balaban J connectivity index is 1.78. The summed E-state index contributed by atoms with van der Waals surface area (Å²) in [5.74, 6) is -0.425. The van der Waals surface area contributed by atoms with Crippen molar-refractivity contribution in [2.24, 2.45) is 0 Å². The van der Waals surface area contributed by atoms with Crippen LogP contribution in [0.25, 0.3) is 0 Å². The fourth-order valence-corrected chi connectivity index (χ4v) is 2.44. The maximum absolute atomic E-state index is 12.1. The van der Waals surface area contributed by atoms with Gasteiger partial charge in [0.2, 0.25) is 0 Å². The van der Waals surface area contributed by atoms with Gasteiger partial charge in [-0.25, -0.2) is 0 Å². The van der Waals surface area contributed by atoms with Crippen LogP contribution in [-0.4, -0.2) is 24.9 Å². The SMILES string of the molecule is Cc1cccc(C(=O)NCCCNC(=O)c2cccc(C)c2N)c1N. The molecule has 0 atom stereocenters. The number of hydrogen-bond donors (Lipinski definition) is 4. The molecule has 0 fully saturated rings. The smallest absolute Gasteiger partial charge is 0.253 e. The van der Waals surface area contributed by atoms with Gasteiger partial charge in [-0.3, -0.25) is 9.59 Å². The molecule has 6 N–H and O–H groups in total. The third-order valence-electron chi connectivity index (χ3n) is 4.06. The van der Waals surface area contributed by atoms with Gasteiger partial charge in [-0.1, -0.05) is 24.3 Å². The minimum absolute atomic E-state index is 0.213. The number of nitrogens with one attached hydrogen (secondary N) is 2. The Kier molecular flexibility index (Phi) is 6.00. The third kappa shape index (κ3) is 4.50. The van der Waals surface area contributed by atoms with E-state index in [-0.39, 0.29) is 11.8 Å². The predicted octanol–water partition coefficient (Wildman–Crippen LogP) is 2.02. The molecule has 0 saturated carbocycles. The summed E-state index contributed by atoms with van der Waals surface area (Å²) in [6, 6.07) is 10.7. The summed E-state index contributed by atoms with van der Waals surface area (Å²) in [5, 5.41) is 5.61. The molecule has 2 aromatic rings. The Labute approximate surface area is 147 Å². The van der Waals surface area contributed by atoms with E-state index in [0.717, 1.165) is 11.1 Å². The van der Waals surface area contributed by atoms with Gasteiger partial charge >= 0.3 is 0 Å². The number of amides is 2. The first-order valence-corrected chi connectivity index (χ1v) is 8.18. The number of carbonyl (C=O) groups excluding carboxylic acids is 2. The number of benzene rings is 2. The summed E-state index contributed by atoms with van der Waals surface area (Å²) < 4.78 is 0. The van der Waals surface area contributed by atoms with Gasteiger partial charge in [0.25, 0.3) is 11.8 Å². The molecule has 0 aliphatic carbocycles. The molecule has 0 radical (unpaired) electrons. The maximum Gasteiger partial charge on any atom is 0.253 e. The number of hydrogen-bond acceptors (Lipinski definition) is 4. The van der Waals surface area contributed by atoms with Crippen LogP contribution in [0.2, 0.25) is 0 Å². The van der Waals surface area contributed by atoms with Crippen LogP contribution >= 0.6 is 0 Å². The molecular formula is C19H24N4O2. The summed E-state index contributed by atoms with van der Waals surface area (Å²) in [6.07, 6.45) is 0.606. The van der Waals surface area contributed by atoms with Gasteiger partial charge in [0, 0.05) is 24.5 Å². The molecule has 6 heteroatoms. The van der Waals surface area contributed by atoms with Gasteiger partial charge in [-0.05, 0) is 43.5 Å². The van der Waals surface area contributed by atoms with Crippen LogP contribution in [0.15, 0.2) is 36.4 Å². The Hall–Kier alpha value is -3.02. The zero-order valence-corrected chi connectivity index (χ0v) is 14.6. The van der Waals surface area contributed by atoms with Crippen molar-refractivity contribution in [3.63, 3.8) is 0 Å². The standard InChI is InChI=1S/C19H24N4O2/c1-12-6-3-8-14(16(12)20)18(24)22-10-5-11-23-19(25)15-9-4-7-13(2)17(15)21/h3-4,6-9H,5,10-11,20-21H2,1-2H3,(H,22,24)(H,23,25). The van der Waals surface area contributed by atoms with Gasteiger partial charge in [0.15, 0.2) is 0 Å². The molecule has 0 bridgehead atoms. The number of rotatable bonds is 6. The lowest BCUT2D eigenvalue weighted by Crippen LogP contribution is -2.30. The second-order valence-electron chi connectivity index (χ2n) is 5.94. The van der Waals surface area contributed by atoms with Gasteiger partial charge in [-0.15, -0.1) is 0 Å². The molecule has 0 saturated heterocycles. The molecule has 0 aliphatic rings. The Morgan fingerprint density at radius 2 is 1.20 bits per heavy atom. The molecule has 0 heterocycles. The molecule has 2 aromatic carbocycles. The lowest BCUT2D eigenvalue weighted by Gasteiger charge is -2.11. The second kappa shape index (κ2) is 8.19. The van der Waals surface area contributed by atoms with Crippen molar-refractivity contribution >= 4 is 23.2 Å². The highest BCUT2D eigenvalue weighted by Gasteiger charge is 2.11. The van der Waals surface area contributed by atoms with Crippen molar-refractivity contribution in [1.82, 2.24) is 10.6 Å². The van der Waals surface area contributed by atoms with Crippen LogP contribution < -0.4 is 22.1 Å². The maximum atomic E-state index is 12.1. The molecule has 6 nitrogen and oxygen atoms in total. The molecule has 2 amide bonds. The van der Waals surface area contributed by atoms with E-state index >= 15 is 0 Å². The van der Waals surface area contributed by atoms with Crippen LogP contribution in [0, 0.1) is 13.8 Å². The average molecular weight is 340 g/mol. The number of para-hydroxylation sites is 2. The predicted molar refractivity (Wildman–Crippen MR) is 100 cm³/mol. The first-order valence-electron chi connectivity index (χ1n) is 8.18. The van der Waals surface area contributed by atoms with E-state index in [1.807, 2.05) is 26.0 Å². The summed E-state index contributed by atoms with van der Waals surface area (Å²) in [7, 11) is 0. The van der Waals surface area contributed by atoms with Crippen LogP contribution in [0.5, 0.6) is 0 Å². The lowest BCUT2D eigenvalue weighted by atomic mass is 10.1. The van der Waals surface area contributed by atoms with Crippen molar-refractivity contribution in [1.29, 1.82) is 0 Å². The highest BCUT2D eigenvalue weighted by Crippen LogP contribution is 2.17. The van der Waals surface area contributed by atoms with Gasteiger partial charge in [-0.2, -0.15) is 0 Å². The van der Waals surface area contributed by atoms with Crippen molar-refractivity contribution < 1.29 is 9.59 Å². The highest BCUT2D eigenvalue weighted by molar-refractivity contribution is 6.00. The van der Waals surface area contributed by atoms with Crippen LogP contribution in [0.4, 0.5) is 11.4 Å². The summed E-state index contributed by atoms with van der Waals surface area (Å²) >= 11 is 0. The molecular weight excluding hydrogens is 316 g/mol. The Bertz CT molecular complexity index is 721. The molecule has 2 rings (SSSR count). The minimum Gasteiger partial charge on any atom is -0.398 e. The van der Waals surface area contributed by atoms with Crippen LogP contribution in [0.3, 0.4) is 0 Å². The van der Waals surface area contributed by atoms with Crippen molar-refractivity contribution in [3.8, 4) is 0 Å². The second-order valence-corrected chi connectivity index (χ2v) is 5.94. The van der Waals surface area contributed by atoms with E-state index < -0.39 is 0 Å². The van der Waals surface area contributed by atoms with Gasteiger partial charge < -0.3 is 22.1 Å². The Morgan fingerprint density at radius 3 is 1.60 bits per heavy atom. The van der Waals surface area contributed by atoms with E-state index in [1.54, 1.807) is 24.3 Å². The average Bonchev–Trinajstić information content (AvgIpc) is 2.59. The molecule has 0 aliphatic heterocycles. The molecule has 25 heavy (non-hydrogen) atoms. The van der Waals surface area contributed by atoms with Crippen molar-refractivity contribution in [2.45, 2.75) is 20.3 Å². The first-order chi connectivity index (χ1) is 11.9. The number of anilines is 2. The van der Waals surface area contributed by atoms with Crippen molar-refractivity contribution in [2.75, 3.05) is 24.6 Å². The monoisotopic (exact) mass is 340 g/mol. The fraction of sp³-hybridized carbons (Fsp3) is 0.263. The van der Waals surface area contributed by atoms with E-state index in [2.05, 4.69) is 10.6 Å². The number of aryl methyl sites for hydroxylation is 2. The van der Waals surface area contributed by atoms with E-state index in [0.29, 0.717) is 42.0 Å². The zero-order chi connectivity index (χ0) is 18.4. The molecule has 0 aromatic heterocycles.